The number of nitrogens with zero attached hydrogens (tertiary/aromatic N) is 4. The summed E-state index contributed by atoms with van der Waals surface area (Å²) in [4.78, 5) is 9.22. The first-order valence-corrected chi connectivity index (χ1v) is 14.3. The second-order valence-corrected chi connectivity index (χ2v) is 9.76. The molecule has 0 unspecified atom stereocenters. The van der Waals surface area contributed by atoms with Crippen LogP contribution in [0, 0.1) is 13.8 Å². The van der Waals surface area contributed by atoms with Crippen molar-refractivity contribution in [2.75, 3.05) is 13.2 Å². The number of rotatable bonds is 14. The Kier molecular flexibility index (Phi) is 10.0. The fourth-order valence-corrected chi connectivity index (χ4v) is 4.17. The SMILES string of the molecule is CCOc1cc(C=Nc2ccc(N=Cc3ccc(OCc4cc(C)no4)c(OCC)c3)cc2)ccc1OCc1cc(C)no1. The molecule has 10 nitrogen and oxygen atoms in total. The van der Waals surface area contributed by atoms with Crippen molar-refractivity contribution in [3.8, 4) is 23.0 Å². The Hall–Kier alpha value is -5.38. The quantitative estimate of drug-likeness (QED) is 0.120. The lowest BCUT2D eigenvalue weighted by atomic mass is 10.2. The predicted molar refractivity (Wildman–Crippen MR) is 167 cm³/mol. The van der Waals surface area contributed by atoms with Gasteiger partial charge in [0.25, 0.3) is 0 Å². The van der Waals surface area contributed by atoms with Gasteiger partial charge in [0.2, 0.25) is 0 Å². The highest BCUT2D eigenvalue weighted by Crippen LogP contribution is 2.31. The number of ether oxygens (including phenoxy) is 4. The molecule has 0 amide bonds. The summed E-state index contributed by atoms with van der Waals surface area (Å²) in [5.41, 5.74) is 4.97. The van der Waals surface area contributed by atoms with E-state index in [0.717, 1.165) is 33.9 Å². The summed E-state index contributed by atoms with van der Waals surface area (Å²) < 4.78 is 33.8. The highest BCUT2D eigenvalue weighted by Gasteiger charge is 2.10. The lowest BCUT2D eigenvalue weighted by molar-refractivity contribution is 0.233. The van der Waals surface area contributed by atoms with Crippen LogP contribution in [-0.4, -0.2) is 36.0 Å². The molecule has 0 spiro atoms. The van der Waals surface area contributed by atoms with Crippen molar-refractivity contribution in [3.05, 3.63) is 107 Å². The molecule has 0 atom stereocenters. The molecule has 0 saturated heterocycles. The zero-order chi connectivity index (χ0) is 30.7. The summed E-state index contributed by atoms with van der Waals surface area (Å²) in [6.45, 7) is 9.14. The molecule has 2 heterocycles. The van der Waals surface area contributed by atoms with Crippen molar-refractivity contribution in [3.63, 3.8) is 0 Å². The van der Waals surface area contributed by atoms with Gasteiger partial charge in [0.05, 0.1) is 36.0 Å². The summed E-state index contributed by atoms with van der Waals surface area (Å²) >= 11 is 0. The van der Waals surface area contributed by atoms with Crippen LogP contribution in [0.1, 0.15) is 47.9 Å². The van der Waals surface area contributed by atoms with Crippen LogP contribution in [0.2, 0.25) is 0 Å². The zero-order valence-corrected chi connectivity index (χ0v) is 25.1. The first kappa shape index (κ1) is 30.1. The van der Waals surface area contributed by atoms with Crippen LogP contribution in [0.25, 0.3) is 0 Å². The van der Waals surface area contributed by atoms with Gasteiger partial charge >= 0.3 is 0 Å². The maximum Gasteiger partial charge on any atom is 0.174 e. The minimum Gasteiger partial charge on any atom is -0.490 e. The van der Waals surface area contributed by atoms with E-state index in [9.17, 15) is 0 Å². The Morgan fingerprint density at radius 2 is 1.00 bits per heavy atom. The Morgan fingerprint density at radius 1 is 0.568 bits per heavy atom. The number of benzene rings is 3. The van der Waals surface area contributed by atoms with Crippen LogP contribution in [0.5, 0.6) is 23.0 Å². The molecule has 0 fully saturated rings. The topological polar surface area (TPSA) is 114 Å². The maximum atomic E-state index is 5.89. The second-order valence-electron chi connectivity index (χ2n) is 9.76. The molecule has 0 aliphatic rings. The van der Waals surface area contributed by atoms with Crippen LogP contribution < -0.4 is 18.9 Å². The minimum absolute atomic E-state index is 0.265. The Morgan fingerprint density at radius 3 is 1.36 bits per heavy atom. The van der Waals surface area contributed by atoms with E-state index in [1.54, 1.807) is 12.4 Å². The summed E-state index contributed by atoms with van der Waals surface area (Å²) in [6, 6.07) is 22.7. The summed E-state index contributed by atoms with van der Waals surface area (Å²) in [7, 11) is 0. The fourth-order valence-electron chi connectivity index (χ4n) is 4.17. The molecule has 44 heavy (non-hydrogen) atoms. The van der Waals surface area contributed by atoms with Gasteiger partial charge in [-0.25, -0.2) is 0 Å². The van der Waals surface area contributed by atoms with Gasteiger partial charge in [-0.3, -0.25) is 9.98 Å². The molecule has 5 rings (SSSR count). The molecule has 0 bridgehead atoms. The first-order chi connectivity index (χ1) is 21.5. The molecule has 10 heteroatoms. The molecule has 2 aromatic heterocycles. The molecule has 0 aliphatic carbocycles. The van der Waals surface area contributed by atoms with Crippen LogP contribution in [-0.2, 0) is 13.2 Å². The molecular formula is C34H34N4O6. The summed E-state index contributed by atoms with van der Waals surface area (Å²) in [5, 5.41) is 7.77. The van der Waals surface area contributed by atoms with E-state index in [2.05, 4.69) is 20.3 Å². The van der Waals surface area contributed by atoms with E-state index >= 15 is 0 Å². The Bertz CT molecular complexity index is 1600. The third-order valence-electron chi connectivity index (χ3n) is 6.20. The lowest BCUT2D eigenvalue weighted by Gasteiger charge is -2.11. The fraction of sp³-hybridized carbons (Fsp3) is 0.235. The minimum atomic E-state index is 0.265. The smallest absolute Gasteiger partial charge is 0.174 e. The van der Waals surface area contributed by atoms with Gasteiger partial charge in [-0.15, -0.1) is 0 Å². The van der Waals surface area contributed by atoms with Crippen molar-refractivity contribution >= 4 is 23.8 Å². The highest BCUT2D eigenvalue weighted by atomic mass is 16.5. The van der Waals surface area contributed by atoms with Crippen molar-refractivity contribution in [1.29, 1.82) is 0 Å². The van der Waals surface area contributed by atoms with Gasteiger partial charge in [0.15, 0.2) is 34.5 Å². The van der Waals surface area contributed by atoms with Gasteiger partial charge in [-0.2, -0.15) is 0 Å². The molecule has 0 N–H and O–H groups in total. The number of aromatic nitrogens is 2. The van der Waals surface area contributed by atoms with Gasteiger partial charge < -0.3 is 28.0 Å². The normalized spacial score (nSPS) is 11.4. The van der Waals surface area contributed by atoms with Crippen LogP contribution >= 0.6 is 0 Å². The highest BCUT2D eigenvalue weighted by molar-refractivity contribution is 5.84. The lowest BCUT2D eigenvalue weighted by Crippen LogP contribution is -2.00. The molecule has 226 valence electrons. The average molecular weight is 595 g/mol. The standard InChI is InChI=1S/C34H34N4O6/c1-5-39-33-17-25(7-13-31(33)41-21-29-15-23(3)37-43-29)19-35-27-9-11-28(12-10-27)36-20-26-8-14-32(34(18-26)40-6-2)42-22-30-16-24(4)38-44-30/h7-20H,5-6,21-22H2,1-4H3. The molecule has 0 saturated carbocycles. The van der Waals surface area contributed by atoms with E-state index in [-0.39, 0.29) is 13.2 Å². The van der Waals surface area contributed by atoms with Crippen LogP contribution in [0.4, 0.5) is 11.4 Å². The van der Waals surface area contributed by atoms with E-state index in [1.807, 2.05) is 100 Å². The molecule has 3 aromatic carbocycles. The number of aryl methyl sites for hydroxylation is 2. The molecule has 0 aliphatic heterocycles. The third-order valence-corrected chi connectivity index (χ3v) is 6.20. The average Bonchev–Trinajstić information content (AvgIpc) is 3.65. The van der Waals surface area contributed by atoms with Crippen molar-refractivity contribution in [1.82, 2.24) is 10.3 Å². The molecular weight excluding hydrogens is 560 g/mol. The van der Waals surface area contributed by atoms with Crippen molar-refractivity contribution in [2.24, 2.45) is 9.98 Å². The van der Waals surface area contributed by atoms with Gasteiger partial charge in [-0.1, -0.05) is 10.3 Å². The Balaban J connectivity index is 1.20. The maximum absolute atomic E-state index is 5.89. The van der Waals surface area contributed by atoms with E-state index in [4.69, 9.17) is 28.0 Å². The number of hydrogen-bond acceptors (Lipinski definition) is 10. The van der Waals surface area contributed by atoms with Gasteiger partial charge in [-0.05, 0) is 99.5 Å². The van der Waals surface area contributed by atoms with E-state index < -0.39 is 0 Å². The molecule has 5 aromatic rings. The number of hydrogen-bond donors (Lipinski definition) is 0. The van der Waals surface area contributed by atoms with Crippen molar-refractivity contribution < 1.29 is 28.0 Å². The zero-order valence-electron chi connectivity index (χ0n) is 25.1. The Labute approximate surface area is 255 Å². The number of aliphatic imine (C=N–C) groups is 2. The summed E-state index contributed by atoms with van der Waals surface area (Å²) in [5.74, 6) is 3.81. The predicted octanol–water partition coefficient (Wildman–Crippen LogP) is 7.74. The van der Waals surface area contributed by atoms with Gasteiger partial charge in [0, 0.05) is 24.6 Å². The van der Waals surface area contributed by atoms with Crippen LogP contribution in [0.3, 0.4) is 0 Å². The van der Waals surface area contributed by atoms with E-state index in [0.29, 0.717) is 47.7 Å². The third kappa shape index (κ3) is 8.34. The van der Waals surface area contributed by atoms with Crippen molar-refractivity contribution in [2.45, 2.75) is 40.9 Å². The van der Waals surface area contributed by atoms with Crippen LogP contribution in [0.15, 0.2) is 91.8 Å². The largest absolute Gasteiger partial charge is 0.490 e. The monoisotopic (exact) mass is 594 g/mol. The van der Waals surface area contributed by atoms with E-state index in [1.165, 1.54) is 0 Å². The first-order valence-electron chi connectivity index (χ1n) is 14.3. The molecule has 0 radical (unpaired) electrons. The van der Waals surface area contributed by atoms with Gasteiger partial charge in [0.1, 0.15) is 13.2 Å². The second kappa shape index (κ2) is 14.7. The summed E-state index contributed by atoms with van der Waals surface area (Å²) in [6.07, 6.45) is 3.57.